The highest BCUT2D eigenvalue weighted by atomic mass is 16.5. The normalized spacial score (nSPS) is 14.4. The number of rotatable bonds is 1. The van der Waals surface area contributed by atoms with E-state index in [4.69, 9.17) is 4.74 Å². The zero-order chi connectivity index (χ0) is 8.72. The molecule has 2 rings (SSSR count). The van der Waals surface area contributed by atoms with Crippen LogP contribution in [0, 0.1) is 0 Å². The van der Waals surface area contributed by atoms with Gasteiger partial charge in [0.2, 0.25) is 0 Å². The summed E-state index contributed by atoms with van der Waals surface area (Å²) in [6.07, 6.45) is 2.85. The third kappa shape index (κ3) is 0.689. The van der Waals surface area contributed by atoms with Gasteiger partial charge in [0, 0.05) is 12.3 Å². The maximum atomic E-state index is 11.1. The van der Waals surface area contributed by atoms with Crippen LogP contribution in [-0.4, -0.2) is 22.7 Å². The Morgan fingerprint density at radius 3 is 3.00 bits per heavy atom. The molecule has 4 heteroatoms. The fourth-order valence-corrected chi connectivity index (χ4v) is 1.26. The van der Waals surface area contributed by atoms with Crippen molar-refractivity contribution in [3.63, 3.8) is 0 Å². The van der Waals surface area contributed by atoms with Crippen molar-refractivity contribution in [2.24, 2.45) is 0 Å². The number of ether oxygens (including phenoxy) is 1. The molecule has 1 aliphatic heterocycles. The second-order valence-corrected chi connectivity index (χ2v) is 2.47. The first-order chi connectivity index (χ1) is 5.74. The van der Waals surface area contributed by atoms with Crippen LogP contribution in [0.15, 0.2) is 18.3 Å². The van der Waals surface area contributed by atoms with Crippen LogP contribution in [0.25, 0.3) is 5.76 Å². The Morgan fingerprint density at radius 2 is 2.33 bits per heavy atom. The van der Waals surface area contributed by atoms with Gasteiger partial charge in [-0.2, -0.15) is 0 Å². The Kier molecular flexibility index (Phi) is 1.24. The van der Waals surface area contributed by atoms with Gasteiger partial charge < -0.3 is 9.84 Å². The van der Waals surface area contributed by atoms with Gasteiger partial charge in [0.1, 0.15) is 11.4 Å². The lowest BCUT2D eigenvalue weighted by Gasteiger charge is -1.99. The predicted octanol–water partition coefficient (Wildman–Crippen LogP) is 0.835. The molecule has 4 nitrogen and oxygen atoms in total. The molecule has 0 atom stereocenters. The number of nitrogens with zero attached hydrogens (tertiary/aromatic N) is 1. The standard InChI is InChI=1S/C8H7NO3/c1-12-6-4-7(11)9-3-2-5(10)8(6)9/h2-4,10H,1H3. The van der Waals surface area contributed by atoms with E-state index in [0.717, 1.165) is 0 Å². The van der Waals surface area contributed by atoms with E-state index in [2.05, 4.69) is 0 Å². The molecular weight excluding hydrogens is 158 g/mol. The number of hydrogen-bond donors (Lipinski definition) is 1. The first-order valence-corrected chi connectivity index (χ1v) is 3.44. The lowest BCUT2D eigenvalue weighted by atomic mass is 10.3. The van der Waals surface area contributed by atoms with E-state index in [1.165, 1.54) is 30.0 Å². The lowest BCUT2D eigenvalue weighted by molar-refractivity contribution is 0.0974. The summed E-state index contributed by atoms with van der Waals surface area (Å²) < 4.78 is 6.25. The minimum Gasteiger partial charge on any atom is -0.506 e. The average Bonchev–Trinajstić information content (AvgIpc) is 2.56. The summed E-state index contributed by atoms with van der Waals surface area (Å²) in [6.45, 7) is 0. The van der Waals surface area contributed by atoms with Crippen molar-refractivity contribution in [1.82, 2.24) is 4.57 Å². The molecule has 0 amide bonds. The van der Waals surface area contributed by atoms with E-state index in [9.17, 15) is 9.90 Å². The largest absolute Gasteiger partial charge is 0.506 e. The molecule has 0 aromatic carbocycles. The molecule has 12 heavy (non-hydrogen) atoms. The van der Waals surface area contributed by atoms with Crippen molar-refractivity contribution in [1.29, 1.82) is 0 Å². The van der Waals surface area contributed by atoms with Crippen molar-refractivity contribution in [2.45, 2.75) is 0 Å². The first-order valence-electron chi connectivity index (χ1n) is 3.44. The minimum atomic E-state index is -0.192. The Morgan fingerprint density at radius 1 is 1.58 bits per heavy atom. The van der Waals surface area contributed by atoms with Gasteiger partial charge in [-0.1, -0.05) is 0 Å². The molecule has 0 radical (unpaired) electrons. The Balaban J connectivity index is 2.64. The third-order valence-electron chi connectivity index (χ3n) is 1.81. The molecule has 0 saturated heterocycles. The smallest absolute Gasteiger partial charge is 0.259 e. The highest BCUT2D eigenvalue weighted by molar-refractivity contribution is 6.02. The van der Waals surface area contributed by atoms with Gasteiger partial charge in [-0.3, -0.25) is 9.36 Å². The monoisotopic (exact) mass is 165 g/mol. The predicted molar refractivity (Wildman–Crippen MR) is 41.7 cm³/mol. The molecule has 0 bridgehead atoms. The fourth-order valence-electron chi connectivity index (χ4n) is 1.26. The van der Waals surface area contributed by atoms with Crippen LogP contribution in [0.2, 0.25) is 0 Å². The Hall–Kier alpha value is -1.71. The third-order valence-corrected chi connectivity index (χ3v) is 1.81. The molecule has 1 aromatic heterocycles. The average molecular weight is 165 g/mol. The minimum absolute atomic E-state index is 0.0638. The molecule has 0 fully saturated rings. The Bertz CT molecular complexity index is 376. The number of methoxy groups -OCH3 is 1. The summed E-state index contributed by atoms with van der Waals surface area (Å²) in [5.41, 5.74) is 0.433. The molecule has 1 N–H and O–H groups in total. The van der Waals surface area contributed by atoms with E-state index >= 15 is 0 Å². The quantitative estimate of drug-likeness (QED) is 0.670. The van der Waals surface area contributed by atoms with E-state index in [1.54, 1.807) is 0 Å². The number of carbonyl (C=O) groups is 1. The van der Waals surface area contributed by atoms with Crippen LogP contribution in [-0.2, 0) is 4.74 Å². The number of aromatic nitrogens is 1. The number of hydrogen-bond acceptors (Lipinski definition) is 3. The maximum Gasteiger partial charge on any atom is 0.259 e. The second kappa shape index (κ2) is 2.14. The van der Waals surface area contributed by atoms with E-state index in [-0.39, 0.29) is 11.7 Å². The second-order valence-electron chi connectivity index (χ2n) is 2.47. The zero-order valence-corrected chi connectivity index (χ0v) is 6.44. The number of aromatic hydroxyl groups is 1. The van der Waals surface area contributed by atoms with Crippen LogP contribution in [0.4, 0.5) is 0 Å². The SMILES string of the molecule is COC1=CC(=O)n2ccc(O)c21. The summed E-state index contributed by atoms with van der Waals surface area (Å²) in [7, 11) is 1.46. The molecule has 2 heterocycles. The van der Waals surface area contributed by atoms with Crippen molar-refractivity contribution in [3.05, 3.63) is 24.0 Å². The summed E-state index contributed by atoms with van der Waals surface area (Å²) in [5.74, 6) is 0.276. The number of allylic oxidation sites excluding steroid dienone is 1. The van der Waals surface area contributed by atoms with Crippen molar-refractivity contribution >= 4 is 11.7 Å². The van der Waals surface area contributed by atoms with E-state index in [1.807, 2.05) is 0 Å². The summed E-state index contributed by atoms with van der Waals surface area (Å²) in [5, 5.41) is 9.30. The summed E-state index contributed by atoms with van der Waals surface area (Å²) >= 11 is 0. The maximum absolute atomic E-state index is 11.1. The molecule has 1 aromatic rings. The fraction of sp³-hybridized carbons (Fsp3) is 0.125. The van der Waals surface area contributed by atoms with Gasteiger partial charge in [0.05, 0.1) is 7.11 Å². The molecule has 0 saturated carbocycles. The molecule has 0 spiro atoms. The number of fused-ring (bicyclic) bond motifs is 1. The van der Waals surface area contributed by atoms with Crippen molar-refractivity contribution < 1.29 is 14.6 Å². The van der Waals surface area contributed by atoms with Crippen LogP contribution in [0.3, 0.4) is 0 Å². The van der Waals surface area contributed by atoms with Gasteiger partial charge in [0.15, 0.2) is 5.76 Å². The lowest BCUT2D eigenvalue weighted by Crippen LogP contribution is -2.01. The van der Waals surface area contributed by atoms with Crippen molar-refractivity contribution in [2.75, 3.05) is 7.11 Å². The van der Waals surface area contributed by atoms with Gasteiger partial charge in [-0.15, -0.1) is 0 Å². The molecular formula is C8H7NO3. The summed E-state index contributed by atoms with van der Waals surface area (Å²) in [6, 6.07) is 1.46. The van der Waals surface area contributed by atoms with Gasteiger partial charge >= 0.3 is 0 Å². The van der Waals surface area contributed by atoms with Crippen LogP contribution in [0.5, 0.6) is 5.75 Å². The van der Waals surface area contributed by atoms with Crippen LogP contribution in [0.1, 0.15) is 10.5 Å². The highest BCUT2D eigenvalue weighted by Crippen LogP contribution is 2.30. The van der Waals surface area contributed by atoms with Gasteiger partial charge in [-0.25, -0.2) is 0 Å². The van der Waals surface area contributed by atoms with Gasteiger partial charge in [0.25, 0.3) is 5.91 Å². The Labute approximate surface area is 68.7 Å². The van der Waals surface area contributed by atoms with E-state index < -0.39 is 0 Å². The van der Waals surface area contributed by atoms with Crippen LogP contribution >= 0.6 is 0 Å². The molecule has 0 unspecified atom stereocenters. The molecule has 62 valence electrons. The zero-order valence-electron chi connectivity index (χ0n) is 6.44. The first kappa shape index (κ1) is 6.97. The topological polar surface area (TPSA) is 51.5 Å². The number of carbonyl (C=O) groups excluding carboxylic acids is 1. The van der Waals surface area contributed by atoms with E-state index in [0.29, 0.717) is 11.5 Å². The highest BCUT2D eigenvalue weighted by Gasteiger charge is 2.24. The summed E-state index contributed by atoms with van der Waals surface area (Å²) in [4.78, 5) is 11.1. The van der Waals surface area contributed by atoms with Crippen LogP contribution < -0.4 is 0 Å². The van der Waals surface area contributed by atoms with Gasteiger partial charge in [-0.05, 0) is 6.07 Å². The molecule has 1 aliphatic rings. The molecule has 0 aliphatic carbocycles. The van der Waals surface area contributed by atoms with Crippen molar-refractivity contribution in [3.8, 4) is 5.75 Å².